The fourth-order valence-electron chi connectivity index (χ4n) is 3.15. The minimum atomic E-state index is -3.73. The first-order chi connectivity index (χ1) is 14.3. The average molecular weight is 497 g/mol. The Bertz CT molecular complexity index is 1040. The first kappa shape index (κ1) is 22.6. The maximum atomic E-state index is 14.2. The van der Waals surface area contributed by atoms with Crippen molar-refractivity contribution in [3.63, 3.8) is 0 Å². The van der Waals surface area contributed by atoms with Gasteiger partial charge in [0.15, 0.2) is 0 Å². The predicted molar refractivity (Wildman–Crippen MR) is 115 cm³/mol. The highest BCUT2D eigenvalue weighted by atomic mass is 79.9. The smallest absolute Gasteiger partial charge is 0.254 e. The summed E-state index contributed by atoms with van der Waals surface area (Å²) in [4.78, 5) is 14.6. The highest BCUT2D eigenvalue weighted by Gasteiger charge is 2.27. The quantitative estimate of drug-likeness (QED) is 0.550. The van der Waals surface area contributed by atoms with Crippen LogP contribution < -0.4 is 0 Å². The summed E-state index contributed by atoms with van der Waals surface area (Å²) in [5, 5.41) is 0. The van der Waals surface area contributed by atoms with Gasteiger partial charge in [-0.05, 0) is 36.4 Å². The lowest BCUT2D eigenvalue weighted by Gasteiger charge is -2.26. The first-order valence-electron chi connectivity index (χ1n) is 9.35. The van der Waals surface area contributed by atoms with Gasteiger partial charge in [-0.15, -0.1) is 6.58 Å². The molecule has 1 fully saturated rings. The zero-order chi connectivity index (χ0) is 21.7. The molecule has 30 heavy (non-hydrogen) atoms. The third-order valence-electron chi connectivity index (χ3n) is 4.69. The molecule has 1 saturated heterocycles. The van der Waals surface area contributed by atoms with Crippen LogP contribution >= 0.6 is 15.9 Å². The molecule has 0 bridgehead atoms. The molecule has 0 unspecified atom stereocenters. The topological polar surface area (TPSA) is 66.9 Å². The molecule has 2 aromatic rings. The first-order valence-corrected chi connectivity index (χ1v) is 11.6. The Kier molecular flexibility index (Phi) is 7.41. The van der Waals surface area contributed by atoms with Gasteiger partial charge in [0, 0.05) is 41.8 Å². The van der Waals surface area contributed by atoms with Crippen LogP contribution in [0.15, 0.2) is 64.5 Å². The number of benzene rings is 2. The monoisotopic (exact) mass is 496 g/mol. The van der Waals surface area contributed by atoms with Crippen molar-refractivity contribution in [2.75, 3.05) is 32.8 Å². The number of carbonyl (C=O) groups excluding carboxylic acids is 1. The number of hydrogen-bond acceptors (Lipinski definition) is 4. The molecule has 1 heterocycles. The van der Waals surface area contributed by atoms with Gasteiger partial charge in [-0.3, -0.25) is 4.79 Å². The molecule has 6 nitrogen and oxygen atoms in total. The summed E-state index contributed by atoms with van der Waals surface area (Å²) in [6.07, 6.45) is 1.54. The largest absolute Gasteiger partial charge is 0.379 e. The molecule has 9 heteroatoms. The second kappa shape index (κ2) is 9.82. The lowest BCUT2D eigenvalue weighted by molar-refractivity contribution is 0.0729. The number of morpholine rings is 1. The van der Waals surface area contributed by atoms with Gasteiger partial charge in [0.1, 0.15) is 5.82 Å². The van der Waals surface area contributed by atoms with Crippen LogP contribution in [-0.2, 0) is 21.3 Å². The summed E-state index contributed by atoms with van der Waals surface area (Å²) < 4.78 is 47.3. The van der Waals surface area contributed by atoms with E-state index in [4.69, 9.17) is 4.74 Å². The Hall–Kier alpha value is -2.07. The van der Waals surface area contributed by atoms with Gasteiger partial charge in [0.2, 0.25) is 10.0 Å². The van der Waals surface area contributed by atoms with Gasteiger partial charge >= 0.3 is 0 Å². The van der Waals surface area contributed by atoms with Gasteiger partial charge in [-0.2, -0.15) is 4.31 Å². The van der Waals surface area contributed by atoms with Crippen molar-refractivity contribution in [2.24, 2.45) is 0 Å². The lowest BCUT2D eigenvalue weighted by atomic mass is 10.1. The molecule has 0 aromatic heterocycles. The van der Waals surface area contributed by atoms with Crippen LogP contribution in [0.3, 0.4) is 0 Å². The number of amides is 1. The molecule has 0 spiro atoms. The Balaban J connectivity index is 1.87. The summed E-state index contributed by atoms with van der Waals surface area (Å²) in [6.45, 7) is 5.09. The maximum Gasteiger partial charge on any atom is 0.254 e. The summed E-state index contributed by atoms with van der Waals surface area (Å²) in [5.74, 6) is -0.836. The van der Waals surface area contributed by atoms with Gasteiger partial charge in [0.25, 0.3) is 5.91 Å². The molecule has 0 radical (unpaired) electrons. The fraction of sp³-hybridized carbons (Fsp3) is 0.286. The highest BCUT2D eigenvalue weighted by molar-refractivity contribution is 9.10. The molecular weight excluding hydrogens is 475 g/mol. The summed E-state index contributed by atoms with van der Waals surface area (Å²) in [6, 6.07) is 10.4. The standard InChI is InChI=1S/C21H22BrFN2O4S/c1-2-8-24(15-17-13-18(22)6-7-20(17)23)21(26)16-4-3-5-19(14-16)30(27,28)25-9-11-29-12-10-25/h2-7,13-14H,1,8-12,15H2. The SMILES string of the molecule is C=CCN(Cc1cc(Br)ccc1F)C(=O)c1cccc(S(=O)(=O)N2CCOCC2)c1. The zero-order valence-corrected chi connectivity index (χ0v) is 18.7. The van der Waals surface area contributed by atoms with Crippen LogP contribution in [0.25, 0.3) is 0 Å². The van der Waals surface area contributed by atoms with Crippen molar-refractivity contribution in [3.05, 3.63) is 76.5 Å². The van der Waals surface area contributed by atoms with Gasteiger partial charge in [0.05, 0.1) is 18.1 Å². The van der Waals surface area contributed by atoms with E-state index in [0.717, 1.165) is 0 Å². The van der Waals surface area contributed by atoms with E-state index in [0.29, 0.717) is 23.2 Å². The minimum absolute atomic E-state index is 0.0244. The number of rotatable bonds is 7. The van der Waals surface area contributed by atoms with Gasteiger partial charge in [-0.25, -0.2) is 12.8 Å². The predicted octanol–water partition coefficient (Wildman–Crippen LogP) is 3.44. The number of carbonyl (C=O) groups is 1. The molecule has 1 amide bonds. The van der Waals surface area contributed by atoms with E-state index in [2.05, 4.69) is 22.5 Å². The van der Waals surface area contributed by atoms with Crippen LogP contribution in [0.4, 0.5) is 4.39 Å². The van der Waals surface area contributed by atoms with E-state index in [-0.39, 0.29) is 36.6 Å². The van der Waals surface area contributed by atoms with Gasteiger partial charge < -0.3 is 9.64 Å². The van der Waals surface area contributed by atoms with Crippen molar-refractivity contribution in [2.45, 2.75) is 11.4 Å². The zero-order valence-electron chi connectivity index (χ0n) is 16.3. The number of hydrogen-bond donors (Lipinski definition) is 0. The third-order valence-corrected chi connectivity index (χ3v) is 7.08. The average Bonchev–Trinajstić information content (AvgIpc) is 2.76. The van der Waals surface area contributed by atoms with E-state index in [9.17, 15) is 17.6 Å². The molecule has 0 saturated carbocycles. The Labute approximate surface area is 184 Å². The second-order valence-corrected chi connectivity index (χ2v) is 9.61. The van der Waals surface area contributed by atoms with Crippen LogP contribution in [0.1, 0.15) is 15.9 Å². The third kappa shape index (κ3) is 5.15. The molecule has 0 atom stereocenters. The number of halogens is 2. The van der Waals surface area contributed by atoms with E-state index >= 15 is 0 Å². The summed E-state index contributed by atoms with van der Waals surface area (Å²) in [7, 11) is -3.73. The van der Waals surface area contributed by atoms with Gasteiger partial charge in [-0.1, -0.05) is 28.1 Å². The van der Waals surface area contributed by atoms with Crippen LogP contribution in [0, 0.1) is 5.82 Å². The highest BCUT2D eigenvalue weighted by Crippen LogP contribution is 2.21. The maximum absolute atomic E-state index is 14.2. The van der Waals surface area contributed by atoms with E-state index in [1.807, 2.05) is 0 Å². The summed E-state index contributed by atoms with van der Waals surface area (Å²) in [5.41, 5.74) is 0.554. The molecule has 1 aliphatic heterocycles. The number of sulfonamides is 1. The van der Waals surface area contributed by atoms with Crippen molar-refractivity contribution in [3.8, 4) is 0 Å². The number of ether oxygens (including phenoxy) is 1. The van der Waals surface area contributed by atoms with Crippen molar-refractivity contribution < 1.29 is 22.3 Å². The normalized spacial score (nSPS) is 15.0. The second-order valence-electron chi connectivity index (χ2n) is 6.75. The molecule has 0 N–H and O–H groups in total. The van der Waals surface area contributed by atoms with Crippen LogP contribution in [0.2, 0.25) is 0 Å². The minimum Gasteiger partial charge on any atom is -0.379 e. The van der Waals surface area contributed by atoms with Crippen molar-refractivity contribution >= 4 is 31.9 Å². The van der Waals surface area contributed by atoms with E-state index in [1.54, 1.807) is 24.3 Å². The molecule has 1 aliphatic rings. The lowest BCUT2D eigenvalue weighted by Crippen LogP contribution is -2.40. The molecule has 160 valence electrons. The Morgan fingerprint density at radius 1 is 1.23 bits per heavy atom. The molecule has 3 rings (SSSR count). The fourth-order valence-corrected chi connectivity index (χ4v) is 5.02. The van der Waals surface area contributed by atoms with Crippen LogP contribution in [0.5, 0.6) is 0 Å². The van der Waals surface area contributed by atoms with E-state index in [1.165, 1.54) is 33.5 Å². The molecule has 0 aliphatic carbocycles. The Morgan fingerprint density at radius 3 is 2.67 bits per heavy atom. The van der Waals surface area contributed by atoms with Crippen LogP contribution in [-0.4, -0.2) is 56.4 Å². The molecule has 2 aromatic carbocycles. The number of nitrogens with zero attached hydrogens (tertiary/aromatic N) is 2. The van der Waals surface area contributed by atoms with E-state index < -0.39 is 21.7 Å². The van der Waals surface area contributed by atoms with Crippen molar-refractivity contribution in [1.29, 1.82) is 0 Å². The van der Waals surface area contributed by atoms with Crippen molar-refractivity contribution in [1.82, 2.24) is 9.21 Å². The Morgan fingerprint density at radius 2 is 1.97 bits per heavy atom. The summed E-state index contributed by atoms with van der Waals surface area (Å²) >= 11 is 3.31. The molecular formula is C21H22BrFN2O4S.